The monoisotopic (exact) mass is 291 g/mol. The minimum atomic E-state index is -0.681. The van der Waals surface area contributed by atoms with E-state index in [-0.39, 0.29) is 11.7 Å². The van der Waals surface area contributed by atoms with Gasteiger partial charge in [-0.25, -0.2) is 0 Å². The van der Waals surface area contributed by atoms with Crippen LogP contribution in [0, 0.1) is 11.8 Å². The number of aromatic hydroxyl groups is 1. The van der Waals surface area contributed by atoms with Gasteiger partial charge in [0, 0.05) is 12.6 Å². The molecule has 1 aromatic carbocycles. The number of hydrogen-bond acceptors (Lipinski definition) is 3. The molecule has 0 aromatic heterocycles. The number of piperidine rings is 1. The van der Waals surface area contributed by atoms with E-state index in [9.17, 15) is 15.0 Å². The van der Waals surface area contributed by atoms with E-state index in [0.717, 1.165) is 31.4 Å². The summed E-state index contributed by atoms with van der Waals surface area (Å²) in [7, 11) is 0. The van der Waals surface area contributed by atoms with Gasteiger partial charge in [0.05, 0.1) is 5.92 Å². The van der Waals surface area contributed by atoms with Crippen LogP contribution >= 0.6 is 0 Å². The van der Waals surface area contributed by atoms with Crippen molar-refractivity contribution in [3.8, 4) is 5.75 Å². The number of phenolic OH excluding ortho intramolecular Hbond substituents is 1. The molecular formula is C17H25NO3. The zero-order valence-electron chi connectivity index (χ0n) is 12.8. The van der Waals surface area contributed by atoms with Crippen LogP contribution in [0.2, 0.25) is 0 Å². The molecule has 0 aliphatic carbocycles. The summed E-state index contributed by atoms with van der Waals surface area (Å²) < 4.78 is 0. The van der Waals surface area contributed by atoms with Crippen molar-refractivity contribution >= 4 is 5.97 Å². The average molecular weight is 291 g/mol. The van der Waals surface area contributed by atoms with Crippen molar-refractivity contribution in [2.45, 2.75) is 39.2 Å². The molecule has 21 heavy (non-hydrogen) atoms. The van der Waals surface area contributed by atoms with Crippen molar-refractivity contribution in [1.82, 2.24) is 4.90 Å². The largest absolute Gasteiger partial charge is 0.508 e. The molecule has 1 saturated heterocycles. The maximum atomic E-state index is 11.2. The highest BCUT2D eigenvalue weighted by molar-refractivity contribution is 5.70. The molecule has 0 spiro atoms. The number of aliphatic carboxylic acids is 1. The molecule has 1 heterocycles. The lowest BCUT2D eigenvalue weighted by molar-refractivity contribution is -0.144. The first-order valence-electron chi connectivity index (χ1n) is 7.72. The molecule has 2 rings (SSSR count). The predicted octanol–water partition coefficient (Wildman–Crippen LogP) is 2.76. The van der Waals surface area contributed by atoms with Gasteiger partial charge in [-0.1, -0.05) is 26.0 Å². The maximum absolute atomic E-state index is 11.2. The van der Waals surface area contributed by atoms with Gasteiger partial charge in [-0.3, -0.25) is 9.69 Å². The number of carbonyl (C=O) groups is 1. The first kappa shape index (κ1) is 15.8. The molecule has 4 nitrogen and oxygen atoms in total. The summed E-state index contributed by atoms with van der Waals surface area (Å²) in [5.41, 5.74) is 1.10. The predicted molar refractivity (Wildman–Crippen MR) is 82.4 cm³/mol. The van der Waals surface area contributed by atoms with E-state index >= 15 is 0 Å². The van der Waals surface area contributed by atoms with Crippen LogP contribution in [0.1, 0.15) is 32.3 Å². The van der Waals surface area contributed by atoms with Crippen LogP contribution in [0.5, 0.6) is 5.75 Å². The van der Waals surface area contributed by atoms with Gasteiger partial charge in [0.15, 0.2) is 0 Å². The zero-order chi connectivity index (χ0) is 15.4. The summed E-state index contributed by atoms with van der Waals surface area (Å²) in [4.78, 5) is 13.6. The summed E-state index contributed by atoms with van der Waals surface area (Å²) in [6.45, 7) is 5.96. The Kier molecular flexibility index (Phi) is 5.23. The van der Waals surface area contributed by atoms with Crippen molar-refractivity contribution in [2.24, 2.45) is 11.8 Å². The quantitative estimate of drug-likeness (QED) is 0.875. The number of hydrogen-bond donors (Lipinski definition) is 2. The molecule has 2 atom stereocenters. The van der Waals surface area contributed by atoms with Crippen molar-refractivity contribution in [1.29, 1.82) is 0 Å². The van der Waals surface area contributed by atoms with Gasteiger partial charge < -0.3 is 10.2 Å². The topological polar surface area (TPSA) is 60.8 Å². The van der Waals surface area contributed by atoms with Gasteiger partial charge in [-0.15, -0.1) is 0 Å². The third-order valence-corrected chi connectivity index (χ3v) is 4.40. The molecule has 116 valence electrons. The van der Waals surface area contributed by atoms with E-state index < -0.39 is 5.97 Å². The third-order valence-electron chi connectivity index (χ3n) is 4.40. The molecule has 4 heteroatoms. The molecule has 2 N–H and O–H groups in total. The molecule has 1 aliphatic heterocycles. The Bertz CT molecular complexity index is 487. The van der Waals surface area contributed by atoms with E-state index in [2.05, 4.69) is 18.7 Å². The standard InChI is InChI=1S/C17H25NO3/c1-12(2)16(10-13-5-3-7-15(19)9-13)18-8-4-6-14(11-18)17(20)21/h3,5,7,9,12,14,16,19H,4,6,8,10-11H2,1-2H3,(H,20,21). The minimum Gasteiger partial charge on any atom is -0.508 e. The fourth-order valence-electron chi connectivity index (χ4n) is 3.22. The smallest absolute Gasteiger partial charge is 0.307 e. The first-order valence-corrected chi connectivity index (χ1v) is 7.72. The summed E-state index contributed by atoms with van der Waals surface area (Å²) >= 11 is 0. The highest BCUT2D eigenvalue weighted by atomic mass is 16.4. The zero-order valence-corrected chi connectivity index (χ0v) is 12.8. The van der Waals surface area contributed by atoms with E-state index in [1.807, 2.05) is 12.1 Å². The van der Waals surface area contributed by atoms with Crippen molar-refractivity contribution in [2.75, 3.05) is 13.1 Å². The molecule has 2 unspecified atom stereocenters. The van der Waals surface area contributed by atoms with Crippen LogP contribution in [0.4, 0.5) is 0 Å². The van der Waals surface area contributed by atoms with Gasteiger partial charge >= 0.3 is 5.97 Å². The summed E-state index contributed by atoms with van der Waals surface area (Å²) in [6, 6.07) is 7.67. The third kappa shape index (κ3) is 4.21. The van der Waals surface area contributed by atoms with Gasteiger partial charge in [-0.05, 0) is 49.4 Å². The van der Waals surface area contributed by atoms with Crippen molar-refractivity contribution in [3.05, 3.63) is 29.8 Å². The molecule has 0 saturated carbocycles. The minimum absolute atomic E-state index is 0.246. The Morgan fingerprint density at radius 1 is 1.43 bits per heavy atom. The second-order valence-electron chi connectivity index (χ2n) is 6.36. The van der Waals surface area contributed by atoms with Gasteiger partial charge in [-0.2, -0.15) is 0 Å². The molecule has 1 aliphatic rings. The number of carboxylic acid groups (broad SMARTS) is 1. The Labute approximate surface area is 126 Å². The molecule has 1 aromatic rings. The first-order chi connectivity index (χ1) is 9.97. The molecule has 0 radical (unpaired) electrons. The fraction of sp³-hybridized carbons (Fsp3) is 0.588. The second-order valence-corrected chi connectivity index (χ2v) is 6.36. The summed E-state index contributed by atoms with van der Waals surface area (Å²) in [5, 5.41) is 18.8. The Balaban J connectivity index is 2.09. The maximum Gasteiger partial charge on any atom is 0.307 e. The average Bonchev–Trinajstić information content (AvgIpc) is 2.44. The lowest BCUT2D eigenvalue weighted by Gasteiger charge is -2.39. The lowest BCUT2D eigenvalue weighted by atomic mass is 9.90. The number of carboxylic acids is 1. The Hall–Kier alpha value is -1.55. The molecular weight excluding hydrogens is 266 g/mol. The van der Waals surface area contributed by atoms with Crippen LogP contribution in [-0.2, 0) is 11.2 Å². The van der Waals surface area contributed by atoms with Gasteiger partial charge in [0.25, 0.3) is 0 Å². The van der Waals surface area contributed by atoms with E-state index in [1.54, 1.807) is 12.1 Å². The number of benzene rings is 1. The number of rotatable bonds is 5. The number of nitrogens with zero attached hydrogens (tertiary/aromatic N) is 1. The summed E-state index contributed by atoms with van der Waals surface area (Å²) in [6.07, 6.45) is 2.57. The van der Waals surface area contributed by atoms with Crippen LogP contribution in [0.25, 0.3) is 0 Å². The number of phenols is 1. The van der Waals surface area contributed by atoms with E-state index in [1.165, 1.54) is 0 Å². The van der Waals surface area contributed by atoms with E-state index in [4.69, 9.17) is 0 Å². The second kappa shape index (κ2) is 6.94. The normalized spacial score (nSPS) is 21.4. The number of likely N-dealkylation sites (tertiary alicyclic amines) is 1. The Morgan fingerprint density at radius 2 is 2.19 bits per heavy atom. The SMILES string of the molecule is CC(C)C(Cc1cccc(O)c1)N1CCCC(C(=O)O)C1. The highest BCUT2D eigenvalue weighted by Crippen LogP contribution is 2.25. The summed E-state index contributed by atoms with van der Waals surface area (Å²) in [5.74, 6) is -0.194. The molecule has 0 bridgehead atoms. The fourth-order valence-corrected chi connectivity index (χ4v) is 3.22. The van der Waals surface area contributed by atoms with Crippen LogP contribution < -0.4 is 0 Å². The Morgan fingerprint density at radius 3 is 2.81 bits per heavy atom. The van der Waals surface area contributed by atoms with E-state index in [0.29, 0.717) is 18.5 Å². The molecule has 1 fully saturated rings. The van der Waals surface area contributed by atoms with Gasteiger partial charge in [0.2, 0.25) is 0 Å². The van der Waals surface area contributed by atoms with Gasteiger partial charge in [0.1, 0.15) is 5.75 Å². The van der Waals surface area contributed by atoms with Crippen molar-refractivity contribution in [3.63, 3.8) is 0 Å². The van der Waals surface area contributed by atoms with Crippen LogP contribution in [0.3, 0.4) is 0 Å². The van der Waals surface area contributed by atoms with Crippen molar-refractivity contribution < 1.29 is 15.0 Å². The highest BCUT2D eigenvalue weighted by Gasteiger charge is 2.30. The van der Waals surface area contributed by atoms with Crippen LogP contribution in [0.15, 0.2) is 24.3 Å². The molecule has 0 amide bonds. The van der Waals surface area contributed by atoms with Crippen LogP contribution in [-0.4, -0.2) is 40.2 Å². The lowest BCUT2D eigenvalue weighted by Crippen LogP contribution is -2.47.